The van der Waals surface area contributed by atoms with Gasteiger partial charge in [-0.05, 0) is 39.9 Å². The molecule has 1 aromatic rings. The number of nitrogens with zero attached hydrogens (tertiary/aromatic N) is 1. The molecular weight excluding hydrogens is 266 g/mol. The van der Waals surface area contributed by atoms with Crippen molar-refractivity contribution in [3.05, 3.63) is 28.5 Å². The van der Waals surface area contributed by atoms with Crippen molar-refractivity contribution in [1.29, 1.82) is 0 Å². The van der Waals surface area contributed by atoms with Crippen molar-refractivity contribution in [2.24, 2.45) is 11.8 Å². The van der Waals surface area contributed by atoms with Crippen LogP contribution in [0.4, 0.5) is 0 Å². The topological polar surface area (TPSA) is 50.9 Å². The molecule has 0 saturated heterocycles. The summed E-state index contributed by atoms with van der Waals surface area (Å²) in [6, 6.07) is 2.26. The molecule has 1 rings (SSSR count). The lowest BCUT2D eigenvalue weighted by molar-refractivity contribution is 0.454. The van der Waals surface area contributed by atoms with Crippen LogP contribution in [0.1, 0.15) is 44.7 Å². The van der Waals surface area contributed by atoms with E-state index in [4.69, 9.17) is 5.84 Å². The van der Waals surface area contributed by atoms with E-state index in [1.807, 2.05) is 6.20 Å². The predicted molar refractivity (Wildman–Crippen MR) is 70.7 cm³/mol. The van der Waals surface area contributed by atoms with Crippen LogP contribution in [-0.4, -0.2) is 4.98 Å². The SMILES string of the molecule is CC(C)CCCC(NN)c1cncc(Br)c1. The van der Waals surface area contributed by atoms with Gasteiger partial charge in [-0.25, -0.2) is 0 Å². The molecule has 90 valence electrons. The first-order chi connectivity index (χ1) is 7.63. The number of aromatic nitrogens is 1. The smallest absolute Gasteiger partial charge is 0.0475 e. The standard InChI is InChI=1S/C12H20BrN3/c1-9(2)4-3-5-12(16-14)10-6-11(13)8-15-7-10/h6-9,12,16H,3-5,14H2,1-2H3. The summed E-state index contributed by atoms with van der Waals surface area (Å²) >= 11 is 3.42. The Morgan fingerprint density at radius 1 is 1.38 bits per heavy atom. The highest BCUT2D eigenvalue weighted by atomic mass is 79.9. The van der Waals surface area contributed by atoms with Crippen LogP contribution < -0.4 is 11.3 Å². The van der Waals surface area contributed by atoms with Gasteiger partial charge in [0.25, 0.3) is 0 Å². The number of hydrogen-bond acceptors (Lipinski definition) is 3. The van der Waals surface area contributed by atoms with Gasteiger partial charge in [0.05, 0.1) is 0 Å². The molecule has 0 aliphatic heterocycles. The van der Waals surface area contributed by atoms with Gasteiger partial charge in [-0.15, -0.1) is 0 Å². The third kappa shape index (κ3) is 4.60. The third-order valence-electron chi connectivity index (χ3n) is 2.60. The Bertz CT molecular complexity index is 315. The molecule has 0 amide bonds. The predicted octanol–water partition coefficient (Wildman–Crippen LogP) is 3.17. The van der Waals surface area contributed by atoms with Crippen molar-refractivity contribution in [2.45, 2.75) is 39.2 Å². The fourth-order valence-corrected chi connectivity index (χ4v) is 2.08. The lowest BCUT2D eigenvalue weighted by atomic mass is 10.00. The number of rotatable bonds is 6. The summed E-state index contributed by atoms with van der Waals surface area (Å²) in [5.41, 5.74) is 4.00. The Kier molecular flexibility index (Phi) is 5.95. The zero-order valence-electron chi connectivity index (χ0n) is 9.91. The van der Waals surface area contributed by atoms with Crippen molar-refractivity contribution < 1.29 is 0 Å². The Hall–Kier alpha value is -0.450. The average Bonchev–Trinajstić information content (AvgIpc) is 2.24. The van der Waals surface area contributed by atoms with Crippen molar-refractivity contribution in [3.8, 4) is 0 Å². The average molecular weight is 286 g/mol. The minimum Gasteiger partial charge on any atom is -0.271 e. The number of nitrogens with two attached hydrogens (primary N) is 1. The van der Waals surface area contributed by atoms with Crippen LogP contribution in [0.2, 0.25) is 0 Å². The second-order valence-electron chi connectivity index (χ2n) is 4.48. The lowest BCUT2D eigenvalue weighted by Crippen LogP contribution is -2.28. The van der Waals surface area contributed by atoms with Gasteiger partial charge in [-0.2, -0.15) is 0 Å². The zero-order chi connectivity index (χ0) is 12.0. The van der Waals surface area contributed by atoms with Crippen LogP contribution >= 0.6 is 15.9 Å². The van der Waals surface area contributed by atoms with E-state index < -0.39 is 0 Å². The van der Waals surface area contributed by atoms with Crippen LogP contribution in [0.3, 0.4) is 0 Å². The molecule has 1 atom stereocenters. The Morgan fingerprint density at radius 2 is 2.12 bits per heavy atom. The molecule has 16 heavy (non-hydrogen) atoms. The molecule has 1 unspecified atom stereocenters. The molecule has 0 saturated carbocycles. The molecule has 1 heterocycles. The minimum absolute atomic E-state index is 0.198. The molecule has 3 nitrogen and oxygen atoms in total. The van der Waals surface area contributed by atoms with Gasteiger partial charge in [0.15, 0.2) is 0 Å². The first-order valence-electron chi connectivity index (χ1n) is 5.70. The van der Waals surface area contributed by atoms with E-state index in [0.29, 0.717) is 0 Å². The molecule has 0 aliphatic rings. The molecule has 0 aliphatic carbocycles. The summed E-state index contributed by atoms with van der Waals surface area (Å²) in [6.45, 7) is 4.48. The van der Waals surface area contributed by atoms with Crippen LogP contribution in [0, 0.1) is 5.92 Å². The van der Waals surface area contributed by atoms with Crippen molar-refractivity contribution in [1.82, 2.24) is 10.4 Å². The first-order valence-corrected chi connectivity index (χ1v) is 6.49. The van der Waals surface area contributed by atoms with Crippen LogP contribution in [0.25, 0.3) is 0 Å². The first kappa shape index (κ1) is 13.6. The quantitative estimate of drug-likeness (QED) is 0.624. The highest BCUT2D eigenvalue weighted by Crippen LogP contribution is 2.21. The Morgan fingerprint density at radius 3 is 2.69 bits per heavy atom. The summed E-state index contributed by atoms with van der Waals surface area (Å²) in [5.74, 6) is 6.33. The second-order valence-corrected chi connectivity index (χ2v) is 5.40. The summed E-state index contributed by atoms with van der Waals surface area (Å²) < 4.78 is 0.995. The second kappa shape index (κ2) is 6.99. The molecule has 0 radical (unpaired) electrons. The highest BCUT2D eigenvalue weighted by molar-refractivity contribution is 9.10. The summed E-state index contributed by atoms with van der Waals surface area (Å²) in [6.07, 6.45) is 7.11. The van der Waals surface area contributed by atoms with Crippen LogP contribution in [-0.2, 0) is 0 Å². The van der Waals surface area contributed by atoms with Crippen molar-refractivity contribution in [2.75, 3.05) is 0 Å². The fraction of sp³-hybridized carbons (Fsp3) is 0.583. The maximum atomic E-state index is 5.58. The normalized spacial score (nSPS) is 13.1. The maximum Gasteiger partial charge on any atom is 0.0475 e. The summed E-state index contributed by atoms with van der Waals surface area (Å²) in [7, 11) is 0. The number of nitrogens with one attached hydrogen (secondary N) is 1. The molecule has 0 spiro atoms. The van der Waals surface area contributed by atoms with E-state index in [9.17, 15) is 0 Å². The van der Waals surface area contributed by atoms with E-state index in [1.165, 1.54) is 12.8 Å². The largest absolute Gasteiger partial charge is 0.271 e. The molecule has 0 fully saturated rings. The Labute approximate surface area is 106 Å². The minimum atomic E-state index is 0.198. The number of hydrazine groups is 1. The van der Waals surface area contributed by atoms with Crippen LogP contribution in [0.15, 0.2) is 22.9 Å². The molecule has 1 aromatic heterocycles. The van der Waals surface area contributed by atoms with Gasteiger partial charge in [-0.1, -0.05) is 26.7 Å². The van der Waals surface area contributed by atoms with Crippen molar-refractivity contribution in [3.63, 3.8) is 0 Å². The third-order valence-corrected chi connectivity index (χ3v) is 3.04. The molecular formula is C12H20BrN3. The maximum absolute atomic E-state index is 5.58. The van der Waals surface area contributed by atoms with Gasteiger partial charge in [-0.3, -0.25) is 16.3 Å². The highest BCUT2D eigenvalue weighted by Gasteiger charge is 2.10. The van der Waals surface area contributed by atoms with Gasteiger partial charge in [0, 0.05) is 22.9 Å². The Balaban J connectivity index is 2.53. The summed E-state index contributed by atoms with van der Waals surface area (Å²) in [4.78, 5) is 4.15. The fourth-order valence-electron chi connectivity index (χ4n) is 1.70. The van der Waals surface area contributed by atoms with E-state index in [2.05, 4.69) is 46.3 Å². The zero-order valence-corrected chi connectivity index (χ0v) is 11.5. The number of hydrogen-bond donors (Lipinski definition) is 2. The monoisotopic (exact) mass is 285 g/mol. The summed E-state index contributed by atoms with van der Waals surface area (Å²) in [5, 5.41) is 0. The van der Waals surface area contributed by atoms with Gasteiger partial charge >= 0.3 is 0 Å². The molecule has 3 N–H and O–H groups in total. The van der Waals surface area contributed by atoms with E-state index in [1.54, 1.807) is 6.20 Å². The van der Waals surface area contributed by atoms with Gasteiger partial charge < -0.3 is 0 Å². The lowest BCUT2D eigenvalue weighted by Gasteiger charge is -2.16. The molecule has 0 aromatic carbocycles. The van der Waals surface area contributed by atoms with Gasteiger partial charge in [0.2, 0.25) is 0 Å². The van der Waals surface area contributed by atoms with Gasteiger partial charge in [0.1, 0.15) is 0 Å². The van der Waals surface area contributed by atoms with E-state index in [-0.39, 0.29) is 6.04 Å². The molecule has 4 heteroatoms. The van der Waals surface area contributed by atoms with Crippen LogP contribution in [0.5, 0.6) is 0 Å². The van der Waals surface area contributed by atoms with Crippen molar-refractivity contribution >= 4 is 15.9 Å². The number of pyridine rings is 1. The number of halogens is 1. The van der Waals surface area contributed by atoms with E-state index >= 15 is 0 Å². The van der Waals surface area contributed by atoms with E-state index in [0.717, 1.165) is 22.4 Å². The molecule has 0 bridgehead atoms.